The van der Waals surface area contributed by atoms with Crippen molar-refractivity contribution >= 4 is 12.0 Å². The highest BCUT2D eigenvalue weighted by Crippen LogP contribution is 2.35. The van der Waals surface area contributed by atoms with E-state index in [1.165, 1.54) is 7.11 Å². The molecule has 1 atom stereocenters. The molecule has 1 saturated heterocycles. The molecule has 6 nitrogen and oxygen atoms in total. The van der Waals surface area contributed by atoms with Gasteiger partial charge in [-0.3, -0.25) is 0 Å². The van der Waals surface area contributed by atoms with E-state index in [1.807, 2.05) is 30.3 Å². The highest BCUT2D eigenvalue weighted by molar-refractivity contribution is 5.96. The van der Waals surface area contributed by atoms with Crippen LogP contribution in [0.1, 0.15) is 11.1 Å². The Hall–Kier alpha value is -3.15. The number of benzene rings is 2. The van der Waals surface area contributed by atoms with Crippen LogP contribution in [-0.2, 0) is 16.0 Å². The van der Waals surface area contributed by atoms with Crippen LogP contribution in [0.5, 0.6) is 23.0 Å². The van der Waals surface area contributed by atoms with Crippen LogP contribution < -0.4 is 14.2 Å². The third-order valence-electron chi connectivity index (χ3n) is 4.54. The first-order valence-electron chi connectivity index (χ1n) is 8.28. The average Bonchev–Trinajstić information content (AvgIpc) is 3.24. The summed E-state index contributed by atoms with van der Waals surface area (Å²) in [5, 5.41) is 9.72. The molecule has 2 aliphatic rings. The third-order valence-corrected chi connectivity index (χ3v) is 4.54. The summed E-state index contributed by atoms with van der Waals surface area (Å²) in [5.74, 6) is 1.50. The lowest BCUT2D eigenvalue weighted by Gasteiger charge is -2.11. The van der Waals surface area contributed by atoms with Crippen molar-refractivity contribution in [2.75, 3.05) is 20.5 Å². The van der Waals surface area contributed by atoms with E-state index in [0.717, 1.165) is 11.1 Å². The van der Waals surface area contributed by atoms with Gasteiger partial charge < -0.3 is 24.1 Å². The predicted octanol–water partition coefficient (Wildman–Crippen LogP) is 2.93. The number of rotatable bonds is 4. The van der Waals surface area contributed by atoms with Crippen LogP contribution in [0.3, 0.4) is 0 Å². The number of ether oxygens (including phenoxy) is 4. The zero-order chi connectivity index (χ0) is 18.1. The third kappa shape index (κ3) is 3.06. The molecule has 2 aromatic carbocycles. The van der Waals surface area contributed by atoms with Gasteiger partial charge in [0.25, 0.3) is 0 Å². The molecule has 0 unspecified atom stereocenters. The number of cyclic esters (lactones) is 1. The fraction of sp³-hybridized carbons (Fsp3) is 0.250. The van der Waals surface area contributed by atoms with E-state index in [0.29, 0.717) is 35.8 Å². The Morgan fingerprint density at radius 2 is 2.00 bits per heavy atom. The Bertz CT molecular complexity index is 886. The molecule has 2 aliphatic heterocycles. The number of phenols is 1. The lowest BCUT2D eigenvalue weighted by molar-refractivity contribution is -0.135. The number of carbonyl (C=O) groups excluding carboxylic acids is 1. The minimum atomic E-state index is -0.307. The SMILES string of the molecule is COc1cc(C[C@H]2COC(=O)/C2=C\c2ccc3c(c2)OCO3)ccc1O. The number of hydrogen-bond acceptors (Lipinski definition) is 6. The molecule has 0 bridgehead atoms. The van der Waals surface area contributed by atoms with E-state index >= 15 is 0 Å². The summed E-state index contributed by atoms with van der Waals surface area (Å²) in [4.78, 5) is 12.2. The van der Waals surface area contributed by atoms with Crippen LogP contribution in [0, 0.1) is 5.92 Å². The smallest absolute Gasteiger partial charge is 0.334 e. The summed E-state index contributed by atoms with van der Waals surface area (Å²) >= 11 is 0. The van der Waals surface area contributed by atoms with E-state index in [9.17, 15) is 9.90 Å². The van der Waals surface area contributed by atoms with E-state index < -0.39 is 0 Å². The fourth-order valence-electron chi connectivity index (χ4n) is 3.18. The molecule has 2 aromatic rings. The van der Waals surface area contributed by atoms with E-state index in [-0.39, 0.29) is 24.4 Å². The van der Waals surface area contributed by atoms with Gasteiger partial charge in [-0.05, 0) is 47.9 Å². The molecule has 0 amide bonds. The number of carbonyl (C=O) groups is 1. The molecule has 2 heterocycles. The number of phenolic OH excluding ortho intramolecular Hbond substituents is 1. The van der Waals surface area contributed by atoms with Gasteiger partial charge in [0.1, 0.15) is 0 Å². The van der Waals surface area contributed by atoms with E-state index in [1.54, 1.807) is 12.1 Å². The van der Waals surface area contributed by atoms with Gasteiger partial charge in [-0.1, -0.05) is 12.1 Å². The monoisotopic (exact) mass is 354 g/mol. The van der Waals surface area contributed by atoms with Crippen molar-refractivity contribution in [1.82, 2.24) is 0 Å². The molecule has 0 spiro atoms. The standard InChI is InChI=1S/C20H18O6/c1-23-18-8-12(2-4-16(18)21)6-14-10-24-20(22)15(14)7-13-3-5-17-19(9-13)26-11-25-17/h2-5,7-9,14,21H,6,10-11H2,1H3/b15-7-/t14-/m0/s1. The van der Waals surface area contributed by atoms with Crippen LogP contribution in [0.2, 0.25) is 0 Å². The summed E-state index contributed by atoms with van der Waals surface area (Å²) in [6, 6.07) is 10.7. The highest BCUT2D eigenvalue weighted by Gasteiger charge is 2.31. The Kier molecular flexibility index (Phi) is 4.16. The normalized spacial score (nSPS) is 19.7. The quantitative estimate of drug-likeness (QED) is 0.672. The summed E-state index contributed by atoms with van der Waals surface area (Å²) in [5.41, 5.74) is 2.44. The highest BCUT2D eigenvalue weighted by atomic mass is 16.7. The molecule has 134 valence electrons. The lowest BCUT2D eigenvalue weighted by atomic mass is 9.92. The van der Waals surface area contributed by atoms with Crippen molar-refractivity contribution < 1.29 is 28.8 Å². The van der Waals surface area contributed by atoms with Crippen LogP contribution in [0.25, 0.3) is 6.08 Å². The summed E-state index contributed by atoms with van der Waals surface area (Å²) in [6.45, 7) is 0.543. The maximum atomic E-state index is 12.2. The first-order chi connectivity index (χ1) is 12.6. The van der Waals surface area contributed by atoms with Crippen molar-refractivity contribution in [3.8, 4) is 23.0 Å². The molecule has 0 saturated carbocycles. The second kappa shape index (κ2) is 6.63. The Labute approximate surface area is 150 Å². The molecule has 26 heavy (non-hydrogen) atoms. The van der Waals surface area contributed by atoms with Gasteiger partial charge in [0, 0.05) is 11.5 Å². The number of methoxy groups -OCH3 is 1. The fourth-order valence-corrected chi connectivity index (χ4v) is 3.18. The van der Waals surface area contributed by atoms with Crippen LogP contribution in [-0.4, -0.2) is 31.6 Å². The van der Waals surface area contributed by atoms with Crippen molar-refractivity contribution in [3.05, 3.63) is 53.1 Å². The Morgan fingerprint density at radius 1 is 1.15 bits per heavy atom. The van der Waals surface area contributed by atoms with Gasteiger partial charge in [-0.15, -0.1) is 0 Å². The Morgan fingerprint density at radius 3 is 2.85 bits per heavy atom. The van der Waals surface area contributed by atoms with E-state index in [2.05, 4.69) is 0 Å². The predicted molar refractivity (Wildman–Crippen MR) is 93.4 cm³/mol. The molecule has 4 rings (SSSR count). The largest absolute Gasteiger partial charge is 0.504 e. The molecular formula is C20H18O6. The van der Waals surface area contributed by atoms with Crippen molar-refractivity contribution in [3.63, 3.8) is 0 Å². The number of hydrogen-bond donors (Lipinski definition) is 1. The molecular weight excluding hydrogens is 336 g/mol. The minimum absolute atomic E-state index is 0.0674. The minimum Gasteiger partial charge on any atom is -0.504 e. The van der Waals surface area contributed by atoms with Crippen molar-refractivity contribution in [1.29, 1.82) is 0 Å². The first kappa shape index (κ1) is 16.3. The van der Waals surface area contributed by atoms with Gasteiger partial charge in [0.05, 0.1) is 13.7 Å². The average molecular weight is 354 g/mol. The number of aromatic hydroxyl groups is 1. The maximum absolute atomic E-state index is 12.2. The second-order valence-electron chi connectivity index (χ2n) is 6.22. The zero-order valence-corrected chi connectivity index (χ0v) is 14.2. The topological polar surface area (TPSA) is 74.2 Å². The molecule has 0 aromatic heterocycles. The molecule has 1 fully saturated rings. The van der Waals surface area contributed by atoms with Crippen LogP contribution in [0.4, 0.5) is 0 Å². The van der Waals surface area contributed by atoms with Crippen molar-refractivity contribution in [2.24, 2.45) is 5.92 Å². The van der Waals surface area contributed by atoms with Gasteiger partial charge in [0.2, 0.25) is 6.79 Å². The zero-order valence-electron chi connectivity index (χ0n) is 14.2. The summed E-state index contributed by atoms with van der Waals surface area (Å²) < 4.78 is 21.1. The Balaban J connectivity index is 1.59. The number of fused-ring (bicyclic) bond motifs is 1. The second-order valence-corrected chi connectivity index (χ2v) is 6.22. The van der Waals surface area contributed by atoms with Gasteiger partial charge >= 0.3 is 5.97 Å². The van der Waals surface area contributed by atoms with Gasteiger partial charge in [0.15, 0.2) is 23.0 Å². The van der Waals surface area contributed by atoms with Gasteiger partial charge in [-0.2, -0.15) is 0 Å². The molecule has 0 radical (unpaired) electrons. The van der Waals surface area contributed by atoms with Crippen LogP contribution in [0.15, 0.2) is 42.0 Å². The summed E-state index contributed by atoms with van der Waals surface area (Å²) in [7, 11) is 1.51. The molecule has 6 heteroatoms. The van der Waals surface area contributed by atoms with Gasteiger partial charge in [-0.25, -0.2) is 4.79 Å². The lowest BCUT2D eigenvalue weighted by Crippen LogP contribution is -2.07. The van der Waals surface area contributed by atoms with Crippen LogP contribution >= 0.6 is 0 Å². The van der Waals surface area contributed by atoms with E-state index in [4.69, 9.17) is 18.9 Å². The first-order valence-corrected chi connectivity index (χ1v) is 8.28. The maximum Gasteiger partial charge on any atom is 0.334 e. The number of esters is 1. The molecule has 1 N–H and O–H groups in total. The molecule has 0 aliphatic carbocycles. The van der Waals surface area contributed by atoms with Crippen molar-refractivity contribution in [2.45, 2.75) is 6.42 Å². The summed E-state index contributed by atoms with van der Waals surface area (Å²) in [6.07, 6.45) is 2.44.